The van der Waals surface area contributed by atoms with E-state index in [0.29, 0.717) is 0 Å². The summed E-state index contributed by atoms with van der Waals surface area (Å²) in [6.07, 6.45) is 0. The van der Waals surface area contributed by atoms with E-state index in [2.05, 4.69) is 33.6 Å². The Bertz CT molecular complexity index is 327. The van der Waals surface area contributed by atoms with E-state index >= 15 is 0 Å². The van der Waals surface area contributed by atoms with Crippen molar-refractivity contribution in [2.45, 2.75) is 0 Å². The van der Waals surface area contributed by atoms with Crippen molar-refractivity contribution in [1.29, 1.82) is 0 Å². The van der Waals surface area contributed by atoms with Gasteiger partial charge in [-0.2, -0.15) is 0 Å². The zero-order valence-electron chi connectivity index (χ0n) is 9.19. The van der Waals surface area contributed by atoms with Gasteiger partial charge in [0.25, 0.3) is 0 Å². The molecule has 16 heavy (non-hydrogen) atoms. The Hall–Kier alpha value is -0.330. The number of ether oxygens (including phenoxy) is 2. The summed E-state index contributed by atoms with van der Waals surface area (Å²) >= 11 is 2.30. The van der Waals surface area contributed by atoms with E-state index in [4.69, 9.17) is 9.47 Å². The molecule has 4 heteroatoms. The SMILES string of the molecule is Ic1ccccc1OCCN1CCOCC1. The van der Waals surface area contributed by atoms with Gasteiger partial charge in [0.2, 0.25) is 0 Å². The predicted molar refractivity (Wildman–Crippen MR) is 71.9 cm³/mol. The molecule has 0 saturated carbocycles. The summed E-state index contributed by atoms with van der Waals surface area (Å²) in [4.78, 5) is 2.37. The lowest BCUT2D eigenvalue weighted by atomic mass is 10.3. The van der Waals surface area contributed by atoms with Crippen LogP contribution in [0.5, 0.6) is 5.75 Å². The maximum absolute atomic E-state index is 5.75. The fourth-order valence-electron chi connectivity index (χ4n) is 1.67. The quantitative estimate of drug-likeness (QED) is 0.787. The zero-order chi connectivity index (χ0) is 11.2. The maximum Gasteiger partial charge on any atom is 0.132 e. The van der Waals surface area contributed by atoms with E-state index in [9.17, 15) is 0 Å². The Labute approximate surface area is 110 Å². The van der Waals surface area contributed by atoms with Gasteiger partial charge >= 0.3 is 0 Å². The summed E-state index contributed by atoms with van der Waals surface area (Å²) in [6, 6.07) is 8.11. The lowest BCUT2D eigenvalue weighted by molar-refractivity contribution is 0.0322. The first-order chi connectivity index (χ1) is 7.86. The highest BCUT2D eigenvalue weighted by Crippen LogP contribution is 2.19. The molecule has 0 bridgehead atoms. The molecule has 1 fully saturated rings. The third-order valence-electron chi connectivity index (χ3n) is 2.61. The standard InChI is InChI=1S/C12H16INO2/c13-11-3-1-2-4-12(11)16-10-7-14-5-8-15-9-6-14/h1-4H,5-10H2. The van der Waals surface area contributed by atoms with Crippen molar-refractivity contribution in [3.63, 3.8) is 0 Å². The van der Waals surface area contributed by atoms with Gasteiger partial charge in [-0.3, -0.25) is 4.90 Å². The van der Waals surface area contributed by atoms with Crippen LogP contribution in [-0.4, -0.2) is 44.4 Å². The minimum Gasteiger partial charge on any atom is -0.491 e. The van der Waals surface area contributed by atoms with Gasteiger partial charge in [-0.1, -0.05) is 12.1 Å². The third kappa shape index (κ3) is 3.61. The average Bonchev–Trinajstić information content (AvgIpc) is 2.33. The van der Waals surface area contributed by atoms with Crippen molar-refractivity contribution in [1.82, 2.24) is 4.90 Å². The predicted octanol–water partition coefficient (Wildman–Crippen LogP) is 2.00. The summed E-state index contributed by atoms with van der Waals surface area (Å²) in [5.41, 5.74) is 0. The van der Waals surface area contributed by atoms with Gasteiger partial charge in [0.1, 0.15) is 12.4 Å². The Morgan fingerprint density at radius 2 is 2.00 bits per heavy atom. The van der Waals surface area contributed by atoms with Gasteiger partial charge in [-0.15, -0.1) is 0 Å². The molecule has 1 heterocycles. The molecule has 0 amide bonds. The molecule has 88 valence electrons. The van der Waals surface area contributed by atoms with E-state index in [0.717, 1.165) is 45.2 Å². The van der Waals surface area contributed by atoms with Crippen molar-refractivity contribution < 1.29 is 9.47 Å². The number of para-hydroxylation sites is 1. The number of benzene rings is 1. The van der Waals surface area contributed by atoms with Crippen LogP contribution in [0.15, 0.2) is 24.3 Å². The third-order valence-corrected chi connectivity index (χ3v) is 3.50. The number of hydrogen-bond acceptors (Lipinski definition) is 3. The van der Waals surface area contributed by atoms with Crippen LogP contribution in [0.2, 0.25) is 0 Å². The Kier molecular flexibility index (Phi) is 4.87. The van der Waals surface area contributed by atoms with Crippen LogP contribution in [0, 0.1) is 3.57 Å². The average molecular weight is 333 g/mol. The molecule has 1 saturated heterocycles. The van der Waals surface area contributed by atoms with Crippen molar-refractivity contribution in [2.75, 3.05) is 39.5 Å². The largest absolute Gasteiger partial charge is 0.491 e. The van der Waals surface area contributed by atoms with E-state index < -0.39 is 0 Å². The smallest absolute Gasteiger partial charge is 0.132 e. The molecule has 0 aromatic heterocycles. The molecule has 0 spiro atoms. The Morgan fingerprint density at radius 3 is 2.75 bits per heavy atom. The molecule has 0 aliphatic carbocycles. The van der Waals surface area contributed by atoms with E-state index in [1.165, 1.54) is 3.57 Å². The highest BCUT2D eigenvalue weighted by molar-refractivity contribution is 14.1. The molecule has 3 nitrogen and oxygen atoms in total. The lowest BCUT2D eigenvalue weighted by Gasteiger charge is -2.26. The summed E-state index contributed by atoms with van der Waals surface area (Å²) in [7, 11) is 0. The van der Waals surface area contributed by atoms with Crippen LogP contribution in [0.4, 0.5) is 0 Å². The van der Waals surface area contributed by atoms with Crippen LogP contribution < -0.4 is 4.74 Å². The topological polar surface area (TPSA) is 21.7 Å². The van der Waals surface area contributed by atoms with Crippen molar-refractivity contribution in [3.05, 3.63) is 27.8 Å². The number of hydrogen-bond donors (Lipinski definition) is 0. The summed E-state index contributed by atoms with van der Waals surface area (Å²) in [5.74, 6) is 0.983. The summed E-state index contributed by atoms with van der Waals surface area (Å²) in [6.45, 7) is 5.48. The summed E-state index contributed by atoms with van der Waals surface area (Å²) < 4.78 is 12.2. The number of rotatable bonds is 4. The van der Waals surface area contributed by atoms with Gasteiger partial charge in [-0.25, -0.2) is 0 Å². The van der Waals surface area contributed by atoms with Gasteiger partial charge < -0.3 is 9.47 Å². The van der Waals surface area contributed by atoms with Crippen molar-refractivity contribution in [3.8, 4) is 5.75 Å². The van der Waals surface area contributed by atoms with Crippen molar-refractivity contribution in [2.24, 2.45) is 0 Å². The van der Waals surface area contributed by atoms with Crippen LogP contribution in [0.3, 0.4) is 0 Å². The van der Waals surface area contributed by atoms with E-state index in [-0.39, 0.29) is 0 Å². The minimum absolute atomic E-state index is 0.750. The summed E-state index contributed by atoms with van der Waals surface area (Å²) in [5, 5.41) is 0. The Balaban J connectivity index is 1.73. The minimum atomic E-state index is 0.750. The van der Waals surface area contributed by atoms with Crippen LogP contribution in [0.25, 0.3) is 0 Å². The molecule has 1 aliphatic heterocycles. The molecule has 0 radical (unpaired) electrons. The van der Waals surface area contributed by atoms with Crippen LogP contribution in [-0.2, 0) is 4.74 Å². The normalized spacial score (nSPS) is 17.3. The first kappa shape index (κ1) is 12.1. The molecular formula is C12H16INO2. The van der Waals surface area contributed by atoms with E-state index in [1.807, 2.05) is 18.2 Å². The molecule has 1 aliphatic rings. The van der Waals surface area contributed by atoms with Gasteiger partial charge in [0.05, 0.1) is 16.8 Å². The Morgan fingerprint density at radius 1 is 1.25 bits per heavy atom. The first-order valence-corrected chi connectivity index (χ1v) is 6.61. The van der Waals surface area contributed by atoms with Gasteiger partial charge in [-0.05, 0) is 34.7 Å². The number of halogens is 1. The number of morpholine rings is 1. The highest BCUT2D eigenvalue weighted by Gasteiger charge is 2.09. The molecule has 1 aromatic carbocycles. The zero-order valence-corrected chi connectivity index (χ0v) is 11.4. The highest BCUT2D eigenvalue weighted by atomic mass is 127. The monoisotopic (exact) mass is 333 g/mol. The van der Waals surface area contributed by atoms with Gasteiger partial charge in [0.15, 0.2) is 0 Å². The molecule has 2 rings (SSSR count). The molecule has 1 aromatic rings. The second-order valence-corrected chi connectivity index (χ2v) is 4.90. The fourth-order valence-corrected chi connectivity index (χ4v) is 2.21. The second-order valence-electron chi connectivity index (χ2n) is 3.73. The first-order valence-electron chi connectivity index (χ1n) is 5.54. The molecule has 0 atom stereocenters. The van der Waals surface area contributed by atoms with Crippen molar-refractivity contribution >= 4 is 22.6 Å². The lowest BCUT2D eigenvalue weighted by Crippen LogP contribution is -2.38. The molecule has 0 N–H and O–H groups in total. The number of nitrogens with zero attached hydrogens (tertiary/aromatic N) is 1. The molecule has 0 unspecified atom stereocenters. The van der Waals surface area contributed by atoms with Crippen LogP contribution in [0.1, 0.15) is 0 Å². The molecular weight excluding hydrogens is 317 g/mol. The fraction of sp³-hybridized carbons (Fsp3) is 0.500. The van der Waals surface area contributed by atoms with Gasteiger partial charge in [0, 0.05) is 19.6 Å². The van der Waals surface area contributed by atoms with Crippen LogP contribution >= 0.6 is 22.6 Å². The van der Waals surface area contributed by atoms with E-state index in [1.54, 1.807) is 0 Å². The second kappa shape index (κ2) is 6.42. The maximum atomic E-state index is 5.75.